The van der Waals surface area contributed by atoms with Crippen LogP contribution in [0.2, 0.25) is 0 Å². The van der Waals surface area contributed by atoms with E-state index in [-0.39, 0.29) is 10.6 Å². The van der Waals surface area contributed by atoms with Gasteiger partial charge < -0.3 is 0 Å². The molecule has 0 saturated heterocycles. The van der Waals surface area contributed by atoms with Crippen molar-refractivity contribution in [1.82, 2.24) is 0 Å². The third-order valence-corrected chi connectivity index (χ3v) is 2.34. The molecule has 0 aliphatic carbocycles. The molecule has 16 heavy (non-hydrogen) atoms. The fraction of sp³-hybridized carbons (Fsp3) is 0. The van der Waals surface area contributed by atoms with Gasteiger partial charge in [-0.15, -0.1) is 0 Å². The molecule has 0 N–H and O–H groups in total. The van der Waals surface area contributed by atoms with Gasteiger partial charge in [0.1, 0.15) is 0 Å². The fourth-order valence-electron chi connectivity index (χ4n) is 1.50. The molecule has 2 rings (SSSR count). The Balaban J connectivity index is 2.44. The third-order valence-electron chi connectivity index (χ3n) is 2.34. The first-order valence-electron chi connectivity index (χ1n) is 4.84. The number of benzene rings is 2. The first kappa shape index (κ1) is 10.4. The van der Waals surface area contributed by atoms with E-state index in [0.717, 1.165) is 16.7 Å². The van der Waals surface area contributed by atoms with Crippen molar-refractivity contribution in [2.75, 3.05) is 0 Å². The molecule has 0 unspecified atom stereocenters. The van der Waals surface area contributed by atoms with E-state index in [0.29, 0.717) is 0 Å². The number of rotatable bonds is 2. The van der Waals surface area contributed by atoms with Crippen molar-refractivity contribution < 1.29 is 4.92 Å². The van der Waals surface area contributed by atoms with Gasteiger partial charge in [0.05, 0.1) is 4.92 Å². The highest BCUT2D eigenvalue weighted by molar-refractivity contribution is 5.66. The summed E-state index contributed by atoms with van der Waals surface area (Å²) >= 11 is 0. The van der Waals surface area contributed by atoms with Crippen LogP contribution >= 0.6 is 0 Å². The van der Waals surface area contributed by atoms with Crippen LogP contribution in [0.5, 0.6) is 0 Å². The summed E-state index contributed by atoms with van der Waals surface area (Å²) in [5.74, 6) is 0. The molecule has 0 bridgehead atoms. The average Bonchev–Trinajstić information content (AvgIpc) is 2.30. The number of nitro groups is 1. The molecule has 1 radical (unpaired) electrons. The molecule has 0 amide bonds. The highest BCUT2D eigenvalue weighted by atomic mass is 16.6. The Labute approximate surface area is 93.5 Å². The lowest BCUT2D eigenvalue weighted by Gasteiger charge is -2.01. The highest BCUT2D eigenvalue weighted by Gasteiger charge is 2.06. The Bertz CT molecular complexity index is 518. The van der Waals surface area contributed by atoms with Crippen molar-refractivity contribution in [3.05, 3.63) is 71.1 Å². The third kappa shape index (κ3) is 2.08. The van der Waals surface area contributed by atoms with Crippen LogP contribution in [0.15, 0.2) is 48.5 Å². The Morgan fingerprint density at radius 2 is 1.69 bits per heavy atom. The topological polar surface area (TPSA) is 43.1 Å². The van der Waals surface area contributed by atoms with E-state index in [1.54, 1.807) is 12.1 Å². The molecule has 3 heteroatoms. The summed E-state index contributed by atoms with van der Waals surface area (Å²) in [6, 6.07) is 14.2. The van der Waals surface area contributed by atoms with Gasteiger partial charge in [0, 0.05) is 12.1 Å². The van der Waals surface area contributed by atoms with Crippen LogP contribution in [0, 0.1) is 17.0 Å². The summed E-state index contributed by atoms with van der Waals surface area (Å²) in [5, 5.41) is 10.6. The lowest BCUT2D eigenvalue weighted by Crippen LogP contribution is -1.88. The maximum Gasteiger partial charge on any atom is 0.270 e. The van der Waals surface area contributed by atoms with Gasteiger partial charge in [0.15, 0.2) is 0 Å². The monoisotopic (exact) mass is 212 g/mol. The Hall–Kier alpha value is -2.16. The van der Waals surface area contributed by atoms with Crippen molar-refractivity contribution in [3.8, 4) is 11.1 Å². The SMILES string of the molecule is [CH2]c1ccc(-c2cccc([N+](=O)[O-])c2)cc1. The van der Waals surface area contributed by atoms with E-state index in [1.165, 1.54) is 6.07 Å². The number of hydrogen-bond acceptors (Lipinski definition) is 2. The van der Waals surface area contributed by atoms with Crippen LogP contribution in [-0.4, -0.2) is 4.92 Å². The van der Waals surface area contributed by atoms with Crippen LogP contribution in [0.4, 0.5) is 5.69 Å². The normalized spacial score (nSPS) is 10.1. The fourth-order valence-corrected chi connectivity index (χ4v) is 1.50. The van der Waals surface area contributed by atoms with Gasteiger partial charge in [0.2, 0.25) is 0 Å². The van der Waals surface area contributed by atoms with Crippen LogP contribution < -0.4 is 0 Å². The summed E-state index contributed by atoms with van der Waals surface area (Å²) < 4.78 is 0. The van der Waals surface area contributed by atoms with Gasteiger partial charge in [-0.2, -0.15) is 0 Å². The second-order valence-electron chi connectivity index (χ2n) is 3.50. The van der Waals surface area contributed by atoms with Gasteiger partial charge in [-0.1, -0.05) is 36.4 Å². The van der Waals surface area contributed by atoms with Crippen molar-refractivity contribution >= 4 is 5.69 Å². The first-order valence-corrected chi connectivity index (χ1v) is 4.84. The lowest BCUT2D eigenvalue weighted by atomic mass is 10.0. The largest absolute Gasteiger partial charge is 0.270 e. The quantitative estimate of drug-likeness (QED) is 0.565. The molecular formula is C13H10NO2. The molecule has 0 saturated carbocycles. The zero-order valence-electron chi connectivity index (χ0n) is 8.59. The zero-order valence-corrected chi connectivity index (χ0v) is 8.59. The summed E-state index contributed by atoms with van der Waals surface area (Å²) in [5.41, 5.74) is 2.83. The minimum absolute atomic E-state index is 0.108. The standard InChI is InChI=1S/C13H10NO2/c1-10-5-7-11(8-6-10)12-3-2-4-13(9-12)14(15)16/h2-9H,1H2. The Kier molecular flexibility index (Phi) is 2.68. The van der Waals surface area contributed by atoms with E-state index >= 15 is 0 Å². The van der Waals surface area contributed by atoms with Crippen molar-refractivity contribution in [1.29, 1.82) is 0 Å². The smallest absolute Gasteiger partial charge is 0.258 e. The highest BCUT2D eigenvalue weighted by Crippen LogP contribution is 2.23. The van der Waals surface area contributed by atoms with Crippen molar-refractivity contribution in [2.45, 2.75) is 0 Å². The molecular weight excluding hydrogens is 202 g/mol. The molecule has 0 aromatic heterocycles. The Morgan fingerprint density at radius 3 is 2.31 bits per heavy atom. The summed E-state index contributed by atoms with van der Waals surface area (Å²) in [7, 11) is 0. The maximum absolute atomic E-state index is 10.6. The number of nitro benzene ring substituents is 1. The molecule has 0 fully saturated rings. The van der Waals surface area contributed by atoms with Gasteiger partial charge in [-0.25, -0.2) is 0 Å². The molecule has 0 spiro atoms. The number of nitrogens with zero attached hydrogens (tertiary/aromatic N) is 1. The minimum Gasteiger partial charge on any atom is -0.258 e. The average molecular weight is 212 g/mol. The van der Waals surface area contributed by atoms with E-state index in [2.05, 4.69) is 6.92 Å². The summed E-state index contributed by atoms with van der Waals surface area (Å²) in [6.07, 6.45) is 0. The maximum atomic E-state index is 10.6. The number of non-ortho nitro benzene ring substituents is 1. The molecule has 0 aliphatic rings. The van der Waals surface area contributed by atoms with E-state index in [4.69, 9.17) is 0 Å². The second kappa shape index (κ2) is 4.14. The van der Waals surface area contributed by atoms with Crippen LogP contribution in [0.1, 0.15) is 5.56 Å². The van der Waals surface area contributed by atoms with E-state index in [9.17, 15) is 10.1 Å². The molecule has 0 heterocycles. The van der Waals surface area contributed by atoms with Gasteiger partial charge in [0.25, 0.3) is 5.69 Å². The molecule has 0 aliphatic heterocycles. The zero-order chi connectivity index (χ0) is 11.5. The summed E-state index contributed by atoms with van der Waals surface area (Å²) in [4.78, 5) is 10.2. The summed E-state index contributed by atoms with van der Waals surface area (Å²) in [6.45, 7) is 3.79. The van der Waals surface area contributed by atoms with Crippen molar-refractivity contribution in [2.24, 2.45) is 0 Å². The van der Waals surface area contributed by atoms with Crippen LogP contribution in [-0.2, 0) is 0 Å². The molecule has 0 atom stereocenters. The van der Waals surface area contributed by atoms with E-state index in [1.807, 2.05) is 30.3 Å². The Morgan fingerprint density at radius 1 is 1.00 bits per heavy atom. The molecule has 3 nitrogen and oxygen atoms in total. The first-order chi connectivity index (χ1) is 7.66. The molecule has 2 aromatic rings. The van der Waals surface area contributed by atoms with Gasteiger partial charge >= 0.3 is 0 Å². The predicted molar refractivity (Wildman–Crippen MR) is 63.0 cm³/mol. The minimum atomic E-state index is -0.390. The predicted octanol–water partition coefficient (Wildman–Crippen LogP) is 3.44. The van der Waals surface area contributed by atoms with Gasteiger partial charge in [-0.05, 0) is 23.6 Å². The molecule has 79 valence electrons. The van der Waals surface area contributed by atoms with Crippen LogP contribution in [0.25, 0.3) is 11.1 Å². The van der Waals surface area contributed by atoms with Gasteiger partial charge in [-0.3, -0.25) is 10.1 Å². The molecule has 2 aromatic carbocycles. The second-order valence-corrected chi connectivity index (χ2v) is 3.50. The van der Waals surface area contributed by atoms with Crippen molar-refractivity contribution in [3.63, 3.8) is 0 Å². The van der Waals surface area contributed by atoms with Crippen LogP contribution in [0.3, 0.4) is 0 Å². The number of hydrogen-bond donors (Lipinski definition) is 0. The lowest BCUT2D eigenvalue weighted by molar-refractivity contribution is -0.384. The van der Waals surface area contributed by atoms with E-state index < -0.39 is 0 Å².